The molecule has 3 atom stereocenters. The van der Waals surface area contributed by atoms with Gasteiger partial charge in [0.2, 0.25) is 0 Å². The van der Waals surface area contributed by atoms with Crippen LogP contribution in [0.5, 0.6) is 5.75 Å². The molecule has 3 heterocycles. The number of rotatable bonds is 4. The van der Waals surface area contributed by atoms with Crippen LogP contribution in [0.3, 0.4) is 0 Å². The number of hydrogen-bond acceptors (Lipinski definition) is 6. The van der Waals surface area contributed by atoms with Crippen molar-refractivity contribution in [2.45, 2.75) is 36.9 Å². The van der Waals surface area contributed by atoms with Crippen molar-refractivity contribution < 1.29 is 9.84 Å². The Hall–Kier alpha value is -2.16. The fourth-order valence-corrected chi connectivity index (χ4v) is 5.56. The summed E-state index contributed by atoms with van der Waals surface area (Å²) in [6.45, 7) is 1.44. The molecule has 0 bridgehead atoms. The van der Waals surface area contributed by atoms with E-state index in [-0.39, 0.29) is 11.5 Å². The quantitative estimate of drug-likeness (QED) is 0.600. The Balaban J connectivity index is 1.52. The molecule has 1 saturated carbocycles. The van der Waals surface area contributed by atoms with Crippen LogP contribution in [-0.2, 0) is 12.0 Å². The lowest BCUT2D eigenvalue weighted by Gasteiger charge is -2.26. The second-order valence-corrected chi connectivity index (χ2v) is 9.26. The lowest BCUT2D eigenvalue weighted by atomic mass is 9.81. The average molecular weight is 491 g/mol. The van der Waals surface area contributed by atoms with Crippen LogP contribution in [0.25, 0.3) is 0 Å². The maximum absolute atomic E-state index is 10.9. The van der Waals surface area contributed by atoms with Gasteiger partial charge in [0.15, 0.2) is 0 Å². The summed E-state index contributed by atoms with van der Waals surface area (Å²) < 4.78 is 7.79. The van der Waals surface area contributed by atoms with E-state index in [2.05, 4.69) is 43.3 Å². The molecule has 1 aromatic carbocycles. The highest BCUT2D eigenvalue weighted by Gasteiger charge is 2.54. The van der Waals surface area contributed by atoms with Crippen molar-refractivity contribution in [2.75, 3.05) is 18.6 Å². The Bertz CT molecular complexity index is 1060. The summed E-state index contributed by atoms with van der Waals surface area (Å²) in [5.41, 5.74) is 1.87. The number of halogens is 2. The smallest absolute Gasteiger partial charge is 0.134 e. The summed E-state index contributed by atoms with van der Waals surface area (Å²) in [4.78, 5) is 6.97. The molecular weight excluding hydrogens is 470 g/mol. The predicted octanol–water partition coefficient (Wildman–Crippen LogP) is 3.75. The predicted molar refractivity (Wildman–Crippen MR) is 117 cm³/mol. The molecule has 0 amide bonds. The summed E-state index contributed by atoms with van der Waals surface area (Å²) in [6.07, 6.45) is 5.99. The van der Waals surface area contributed by atoms with Gasteiger partial charge < -0.3 is 14.7 Å². The van der Waals surface area contributed by atoms with Crippen LogP contribution in [-0.4, -0.2) is 44.8 Å². The number of anilines is 1. The lowest BCUT2D eigenvalue weighted by molar-refractivity contribution is 0.127. The normalized spacial score (nSPS) is 25.1. The van der Waals surface area contributed by atoms with Gasteiger partial charge in [0, 0.05) is 36.5 Å². The van der Waals surface area contributed by atoms with E-state index >= 15 is 0 Å². The van der Waals surface area contributed by atoms with E-state index in [1.807, 2.05) is 12.1 Å². The third-order valence-corrected chi connectivity index (χ3v) is 7.46. The molecule has 7 nitrogen and oxygen atoms in total. The molecule has 156 valence electrons. The number of fused-ring (bicyclic) bond motifs is 2. The van der Waals surface area contributed by atoms with Crippen molar-refractivity contribution in [1.82, 2.24) is 20.0 Å². The first-order valence-corrected chi connectivity index (χ1v) is 10.9. The molecule has 0 saturated heterocycles. The topological polar surface area (TPSA) is 76.3 Å². The maximum Gasteiger partial charge on any atom is 0.134 e. The Morgan fingerprint density at radius 2 is 2.10 bits per heavy atom. The number of benzene rings is 1. The highest BCUT2D eigenvalue weighted by Crippen LogP contribution is 2.56. The minimum Gasteiger partial charge on any atom is -0.497 e. The molecule has 1 spiro atoms. The largest absolute Gasteiger partial charge is 0.497 e. The molecule has 3 aromatic rings. The van der Waals surface area contributed by atoms with Crippen LogP contribution in [0.4, 0.5) is 5.82 Å². The molecule has 1 aliphatic heterocycles. The fourth-order valence-electron chi connectivity index (χ4n) is 4.92. The van der Waals surface area contributed by atoms with Crippen LogP contribution in [0.15, 0.2) is 47.3 Å². The molecular formula is C21H21BrClN5O2. The first-order valence-electron chi connectivity index (χ1n) is 9.77. The van der Waals surface area contributed by atoms with Crippen LogP contribution in [0, 0.1) is 0 Å². The molecule has 30 heavy (non-hydrogen) atoms. The van der Waals surface area contributed by atoms with E-state index in [9.17, 15) is 5.11 Å². The molecule has 1 N–H and O–H groups in total. The van der Waals surface area contributed by atoms with E-state index in [1.165, 1.54) is 0 Å². The van der Waals surface area contributed by atoms with Crippen molar-refractivity contribution >= 4 is 33.3 Å². The first-order chi connectivity index (χ1) is 14.5. The van der Waals surface area contributed by atoms with E-state index in [4.69, 9.17) is 21.3 Å². The molecule has 0 unspecified atom stereocenters. The zero-order valence-electron chi connectivity index (χ0n) is 16.4. The van der Waals surface area contributed by atoms with Gasteiger partial charge in [-0.25, -0.2) is 9.67 Å². The van der Waals surface area contributed by atoms with Crippen molar-refractivity contribution in [2.24, 2.45) is 0 Å². The zero-order valence-corrected chi connectivity index (χ0v) is 18.7. The van der Waals surface area contributed by atoms with Gasteiger partial charge in [0.25, 0.3) is 0 Å². The first kappa shape index (κ1) is 19.8. The van der Waals surface area contributed by atoms with E-state index < -0.39 is 6.10 Å². The van der Waals surface area contributed by atoms with E-state index in [0.29, 0.717) is 18.0 Å². The summed E-state index contributed by atoms with van der Waals surface area (Å²) >= 11 is 10.3. The summed E-state index contributed by atoms with van der Waals surface area (Å²) in [7, 11) is 1.66. The van der Waals surface area contributed by atoms with Gasteiger partial charge in [-0.15, -0.1) is 5.10 Å². The van der Waals surface area contributed by atoms with Gasteiger partial charge in [-0.3, -0.25) is 0 Å². The number of hydrogen-bond donors (Lipinski definition) is 1. The minimum absolute atomic E-state index is 0.142. The lowest BCUT2D eigenvalue weighted by Crippen LogP contribution is -2.32. The van der Waals surface area contributed by atoms with E-state index in [0.717, 1.165) is 40.1 Å². The van der Waals surface area contributed by atoms with Crippen LogP contribution < -0.4 is 9.64 Å². The van der Waals surface area contributed by atoms with Gasteiger partial charge >= 0.3 is 0 Å². The Kier molecular flexibility index (Phi) is 4.95. The molecule has 0 radical (unpaired) electrons. The number of methoxy groups -OCH3 is 1. The molecule has 1 aliphatic carbocycles. The average Bonchev–Trinajstić information content (AvgIpc) is 3.44. The second kappa shape index (κ2) is 7.51. The van der Waals surface area contributed by atoms with Crippen molar-refractivity contribution in [3.63, 3.8) is 0 Å². The van der Waals surface area contributed by atoms with Gasteiger partial charge in [0.1, 0.15) is 11.6 Å². The van der Waals surface area contributed by atoms with Crippen LogP contribution >= 0.6 is 27.5 Å². The summed E-state index contributed by atoms with van der Waals surface area (Å²) in [5, 5.41) is 19.6. The number of nitrogens with zero attached hydrogens (tertiary/aromatic N) is 5. The highest BCUT2D eigenvalue weighted by molar-refractivity contribution is 9.10. The second-order valence-electron chi connectivity index (χ2n) is 8.03. The highest BCUT2D eigenvalue weighted by atomic mass is 79.9. The molecule has 5 rings (SSSR count). The fraction of sp³-hybridized carbons (Fsp3) is 0.381. The van der Waals surface area contributed by atoms with E-state index in [1.54, 1.807) is 30.4 Å². The van der Waals surface area contributed by atoms with Crippen LogP contribution in [0.2, 0.25) is 5.02 Å². The number of pyridine rings is 1. The van der Waals surface area contributed by atoms with Gasteiger partial charge in [-0.1, -0.05) is 28.9 Å². The Morgan fingerprint density at radius 1 is 1.30 bits per heavy atom. The summed E-state index contributed by atoms with van der Waals surface area (Å²) in [6, 6.07) is 7.90. The molecule has 1 fully saturated rings. The Morgan fingerprint density at radius 3 is 2.80 bits per heavy atom. The number of aliphatic hydroxyl groups excluding tert-OH is 1. The van der Waals surface area contributed by atoms with Crippen molar-refractivity contribution in [3.05, 3.63) is 63.5 Å². The van der Waals surface area contributed by atoms with Gasteiger partial charge in [0.05, 0.1) is 34.9 Å². The van der Waals surface area contributed by atoms with Crippen molar-refractivity contribution in [3.8, 4) is 5.75 Å². The number of aromatic nitrogens is 4. The van der Waals surface area contributed by atoms with Gasteiger partial charge in [-0.2, -0.15) is 0 Å². The molecule has 2 aliphatic rings. The minimum atomic E-state index is -0.532. The molecule has 2 aromatic heterocycles. The third kappa shape index (κ3) is 3.18. The SMILES string of the molecule is COc1ccc(CN2C[C@]3(C[C@@H](O)[C@H](n4ccnn4)C3)c3c2ncc(Br)c3Cl)cc1. The van der Waals surface area contributed by atoms with Crippen molar-refractivity contribution in [1.29, 1.82) is 0 Å². The Labute approximate surface area is 187 Å². The summed E-state index contributed by atoms with van der Waals surface area (Å²) in [5.74, 6) is 1.71. The monoisotopic (exact) mass is 489 g/mol. The number of aliphatic hydroxyl groups is 1. The number of ether oxygens (including phenoxy) is 1. The third-order valence-electron chi connectivity index (χ3n) is 6.23. The van der Waals surface area contributed by atoms with Crippen LogP contribution in [0.1, 0.15) is 30.0 Å². The molecule has 9 heteroatoms. The van der Waals surface area contributed by atoms with Gasteiger partial charge in [-0.05, 0) is 46.5 Å². The zero-order chi connectivity index (χ0) is 20.9. The maximum atomic E-state index is 10.9. The standard InChI is InChI=1S/C21H21BrClN5O2/c1-30-14-4-2-13(3-5-14)11-27-12-21(18-19(23)15(22)10-24-20(18)27)8-16(17(29)9-21)28-7-6-25-26-28/h2-7,10,16-17,29H,8-9,11-12H2,1H3/t16-,17-,21+/m1/s1.